The van der Waals surface area contributed by atoms with E-state index in [0.29, 0.717) is 18.8 Å². The van der Waals surface area contributed by atoms with E-state index in [0.717, 1.165) is 73.6 Å². The summed E-state index contributed by atoms with van der Waals surface area (Å²) in [6, 6.07) is 15.1. The minimum atomic E-state index is -1.02. The summed E-state index contributed by atoms with van der Waals surface area (Å²) < 4.78 is 5.73. The number of nitrogens with one attached hydrogen (secondary N) is 2. The van der Waals surface area contributed by atoms with Crippen LogP contribution in [0.5, 0.6) is 0 Å². The highest BCUT2D eigenvalue weighted by atomic mass is 16.5. The van der Waals surface area contributed by atoms with Gasteiger partial charge in [-0.15, -0.1) is 0 Å². The fourth-order valence-electron chi connectivity index (χ4n) is 6.76. The fourth-order valence-corrected chi connectivity index (χ4v) is 6.76. The van der Waals surface area contributed by atoms with E-state index in [9.17, 15) is 19.8 Å². The van der Waals surface area contributed by atoms with Gasteiger partial charge in [-0.05, 0) is 59.8 Å². The molecule has 7 nitrogen and oxygen atoms in total. The first-order chi connectivity index (χ1) is 20.0. The molecule has 2 saturated carbocycles. The zero-order valence-electron chi connectivity index (χ0n) is 24.3. The number of carbonyl (C=O) groups is 2. The number of fused-ring (bicyclic) bond motifs is 3. The van der Waals surface area contributed by atoms with Gasteiger partial charge in [0.1, 0.15) is 18.8 Å². The van der Waals surface area contributed by atoms with Gasteiger partial charge >= 0.3 is 6.09 Å². The maximum atomic E-state index is 13.6. The van der Waals surface area contributed by atoms with E-state index in [2.05, 4.69) is 34.9 Å². The molecule has 3 aliphatic rings. The smallest absolute Gasteiger partial charge is 0.407 e. The molecule has 3 aliphatic carbocycles. The van der Waals surface area contributed by atoms with Crippen molar-refractivity contribution >= 4 is 12.0 Å². The Morgan fingerprint density at radius 1 is 0.902 bits per heavy atom. The van der Waals surface area contributed by atoms with E-state index in [1.54, 1.807) is 0 Å². The molecule has 0 spiro atoms. The molecule has 2 aromatic carbocycles. The molecule has 4 N–H and O–H groups in total. The SMILES string of the molecule is CCCC[C@H](NC(=O)OCC1c2ccccc2-c2ccccc21)C(=O)N[C@@H](CC1CCCCC1)[C@@H](O)[C@@H](O)C1CC1. The second kappa shape index (κ2) is 13.8. The first-order valence-electron chi connectivity index (χ1n) is 15.7. The van der Waals surface area contributed by atoms with Crippen LogP contribution in [0.4, 0.5) is 4.79 Å². The standard InChI is InChI=1S/C34H46N2O5/c1-2-3-17-29(33(39)35-30(20-22-11-5-4-6-12-22)32(38)31(37)23-18-19-23)36-34(40)41-21-28-26-15-9-7-13-24(26)25-14-8-10-16-27(25)28/h7-10,13-16,22-23,28-32,37-38H,2-6,11-12,17-21H2,1H3,(H,35,39)(H,36,40)/t29-,30-,31-,32+/m0/s1. The summed E-state index contributed by atoms with van der Waals surface area (Å²) in [5, 5.41) is 27.7. The fraction of sp³-hybridized carbons (Fsp3) is 0.588. The van der Waals surface area contributed by atoms with E-state index in [1.165, 1.54) is 6.42 Å². The lowest BCUT2D eigenvalue weighted by atomic mass is 9.82. The minimum Gasteiger partial charge on any atom is -0.449 e. The number of alkyl carbamates (subject to hydrolysis) is 1. The highest BCUT2D eigenvalue weighted by molar-refractivity contribution is 5.86. The molecule has 5 rings (SSSR count). The van der Waals surface area contributed by atoms with Crippen LogP contribution < -0.4 is 10.6 Å². The number of aliphatic hydroxyl groups is 2. The van der Waals surface area contributed by atoms with Crippen LogP contribution in [0.15, 0.2) is 48.5 Å². The Labute approximate surface area is 244 Å². The number of aliphatic hydroxyl groups excluding tert-OH is 2. The van der Waals surface area contributed by atoms with Gasteiger partial charge in [-0.1, -0.05) is 100 Å². The number of hydrogen-bond donors (Lipinski definition) is 4. The Morgan fingerprint density at radius 2 is 1.54 bits per heavy atom. The van der Waals surface area contributed by atoms with Crippen molar-refractivity contribution in [3.8, 4) is 11.1 Å². The summed E-state index contributed by atoms with van der Waals surface area (Å²) in [7, 11) is 0. The average molecular weight is 563 g/mol. The van der Waals surface area contributed by atoms with Gasteiger partial charge in [-0.25, -0.2) is 4.79 Å². The van der Waals surface area contributed by atoms with Crippen LogP contribution in [0, 0.1) is 11.8 Å². The Kier molecular flexibility index (Phi) is 9.99. The molecule has 0 saturated heterocycles. The first-order valence-corrected chi connectivity index (χ1v) is 15.7. The zero-order chi connectivity index (χ0) is 28.8. The van der Waals surface area contributed by atoms with Crippen molar-refractivity contribution in [2.75, 3.05) is 6.61 Å². The lowest BCUT2D eigenvalue weighted by Gasteiger charge is -2.33. The van der Waals surface area contributed by atoms with Gasteiger partial charge in [0.15, 0.2) is 0 Å². The maximum absolute atomic E-state index is 13.6. The van der Waals surface area contributed by atoms with Gasteiger partial charge in [-0.3, -0.25) is 4.79 Å². The van der Waals surface area contributed by atoms with Crippen LogP contribution >= 0.6 is 0 Å². The Bertz CT molecular complexity index is 1130. The molecule has 222 valence electrons. The lowest BCUT2D eigenvalue weighted by Crippen LogP contribution is -2.55. The second-order valence-electron chi connectivity index (χ2n) is 12.3. The molecule has 2 fully saturated rings. The maximum Gasteiger partial charge on any atom is 0.407 e. The number of amides is 2. The monoisotopic (exact) mass is 562 g/mol. The van der Waals surface area contributed by atoms with E-state index in [1.807, 2.05) is 31.2 Å². The van der Waals surface area contributed by atoms with Crippen LogP contribution in [-0.4, -0.2) is 53.1 Å². The number of rotatable bonds is 13. The van der Waals surface area contributed by atoms with E-state index < -0.39 is 30.4 Å². The molecule has 0 radical (unpaired) electrons. The van der Waals surface area contributed by atoms with Crippen LogP contribution in [0.3, 0.4) is 0 Å². The van der Waals surface area contributed by atoms with Crippen molar-refractivity contribution in [2.24, 2.45) is 11.8 Å². The summed E-state index contributed by atoms with van der Waals surface area (Å²) in [5.74, 6) is 0.134. The van der Waals surface area contributed by atoms with E-state index >= 15 is 0 Å². The van der Waals surface area contributed by atoms with Gasteiger partial charge in [0.25, 0.3) is 0 Å². The molecular formula is C34H46N2O5. The molecule has 2 amide bonds. The summed E-state index contributed by atoms with van der Waals surface area (Å²) in [6.07, 6.45) is 7.81. The number of carbonyl (C=O) groups excluding carboxylic acids is 2. The van der Waals surface area contributed by atoms with Crippen molar-refractivity contribution in [1.29, 1.82) is 0 Å². The second-order valence-corrected chi connectivity index (χ2v) is 12.3. The van der Waals surface area contributed by atoms with Crippen molar-refractivity contribution in [2.45, 2.75) is 108 Å². The van der Waals surface area contributed by atoms with Crippen LogP contribution in [0.2, 0.25) is 0 Å². The third-order valence-electron chi connectivity index (χ3n) is 9.31. The molecule has 2 aromatic rings. The highest BCUT2D eigenvalue weighted by Crippen LogP contribution is 2.44. The topological polar surface area (TPSA) is 108 Å². The molecule has 0 aliphatic heterocycles. The van der Waals surface area contributed by atoms with Crippen molar-refractivity contribution < 1.29 is 24.5 Å². The van der Waals surface area contributed by atoms with E-state index in [4.69, 9.17) is 4.74 Å². The van der Waals surface area contributed by atoms with Gasteiger partial charge < -0.3 is 25.6 Å². The van der Waals surface area contributed by atoms with Gasteiger partial charge in [-0.2, -0.15) is 0 Å². The number of benzene rings is 2. The molecule has 41 heavy (non-hydrogen) atoms. The first kappa shape index (κ1) is 29.6. The third kappa shape index (κ3) is 7.31. The molecule has 7 heteroatoms. The number of ether oxygens (including phenoxy) is 1. The minimum absolute atomic E-state index is 0.0602. The van der Waals surface area contributed by atoms with E-state index in [-0.39, 0.29) is 24.3 Å². The Hall–Kier alpha value is -2.90. The predicted molar refractivity (Wildman–Crippen MR) is 159 cm³/mol. The van der Waals surface area contributed by atoms with Crippen LogP contribution in [-0.2, 0) is 9.53 Å². The predicted octanol–water partition coefficient (Wildman–Crippen LogP) is 5.67. The molecular weight excluding hydrogens is 516 g/mol. The molecule has 0 bridgehead atoms. The number of hydrogen-bond acceptors (Lipinski definition) is 5. The van der Waals surface area contributed by atoms with Crippen molar-refractivity contribution in [3.05, 3.63) is 59.7 Å². The summed E-state index contributed by atoms with van der Waals surface area (Å²) in [5.41, 5.74) is 4.59. The molecule has 0 heterocycles. The van der Waals surface area contributed by atoms with Crippen LogP contribution in [0.25, 0.3) is 11.1 Å². The summed E-state index contributed by atoms with van der Waals surface area (Å²) >= 11 is 0. The quantitative estimate of drug-likeness (QED) is 0.252. The molecule has 0 aromatic heterocycles. The summed E-state index contributed by atoms with van der Waals surface area (Å²) in [4.78, 5) is 26.6. The van der Waals surface area contributed by atoms with Gasteiger partial charge in [0, 0.05) is 5.92 Å². The molecule has 4 atom stereocenters. The normalized spacial score (nSPS) is 19.9. The Morgan fingerprint density at radius 3 is 2.15 bits per heavy atom. The van der Waals surface area contributed by atoms with Gasteiger partial charge in [0.2, 0.25) is 5.91 Å². The highest BCUT2D eigenvalue weighted by Gasteiger charge is 2.40. The lowest BCUT2D eigenvalue weighted by molar-refractivity contribution is -0.126. The zero-order valence-corrected chi connectivity index (χ0v) is 24.3. The van der Waals surface area contributed by atoms with Crippen molar-refractivity contribution in [3.63, 3.8) is 0 Å². The molecule has 0 unspecified atom stereocenters. The van der Waals surface area contributed by atoms with Gasteiger partial charge in [0.05, 0.1) is 12.1 Å². The summed E-state index contributed by atoms with van der Waals surface area (Å²) in [6.45, 7) is 2.22. The average Bonchev–Trinajstić information content (AvgIpc) is 3.80. The third-order valence-corrected chi connectivity index (χ3v) is 9.31. The largest absolute Gasteiger partial charge is 0.449 e. The number of unbranched alkanes of at least 4 members (excludes halogenated alkanes) is 1. The van der Waals surface area contributed by atoms with Crippen molar-refractivity contribution in [1.82, 2.24) is 10.6 Å². The van der Waals surface area contributed by atoms with Crippen LogP contribution in [0.1, 0.15) is 94.6 Å². The Balaban J connectivity index is 1.23.